The molecule has 2 aromatic carbocycles. The highest BCUT2D eigenvalue weighted by Gasteiger charge is 2.31. The van der Waals surface area contributed by atoms with Crippen molar-refractivity contribution in [1.29, 1.82) is 0 Å². The van der Waals surface area contributed by atoms with Crippen molar-refractivity contribution in [3.63, 3.8) is 0 Å². The zero-order valence-electron chi connectivity index (χ0n) is 15.4. The van der Waals surface area contributed by atoms with E-state index in [9.17, 15) is 24.8 Å². The van der Waals surface area contributed by atoms with E-state index in [-0.39, 0.29) is 22.4 Å². The predicted octanol–water partition coefficient (Wildman–Crippen LogP) is 3.58. The molecule has 1 aliphatic rings. The minimum absolute atomic E-state index is 0.0105. The molecular formula is C20H17N3O6. The number of para-hydroxylation sites is 1. The van der Waals surface area contributed by atoms with Crippen LogP contribution in [0.4, 0.5) is 11.4 Å². The van der Waals surface area contributed by atoms with Crippen LogP contribution in [0.3, 0.4) is 0 Å². The number of benzene rings is 2. The lowest BCUT2D eigenvalue weighted by molar-refractivity contribution is -0.385. The number of phenols is 1. The number of nitro benzene ring substituents is 1. The smallest absolute Gasteiger partial charge is 0.335 e. The SMILES string of the molecule is CCCC1=NN(c2cccc(C(=O)O)c2)C(=O)/C1=C/c1cccc([N+](=O)[O-])c1O. The lowest BCUT2D eigenvalue weighted by atomic mass is 10.0. The van der Waals surface area contributed by atoms with Gasteiger partial charge in [0, 0.05) is 11.6 Å². The number of rotatable bonds is 6. The topological polar surface area (TPSA) is 133 Å². The number of nitrogens with zero attached hydrogens (tertiary/aromatic N) is 3. The van der Waals surface area contributed by atoms with Crippen molar-refractivity contribution < 1.29 is 24.7 Å². The molecule has 0 unspecified atom stereocenters. The second-order valence-corrected chi connectivity index (χ2v) is 6.30. The number of carbonyl (C=O) groups excluding carboxylic acids is 1. The third-order valence-electron chi connectivity index (χ3n) is 4.32. The maximum Gasteiger partial charge on any atom is 0.335 e. The highest BCUT2D eigenvalue weighted by Crippen LogP contribution is 2.33. The number of hydrogen-bond donors (Lipinski definition) is 2. The van der Waals surface area contributed by atoms with Gasteiger partial charge in [0.1, 0.15) is 0 Å². The van der Waals surface area contributed by atoms with Crippen LogP contribution < -0.4 is 5.01 Å². The second kappa shape index (κ2) is 7.93. The van der Waals surface area contributed by atoms with Crippen LogP contribution in [-0.4, -0.2) is 32.7 Å². The Morgan fingerprint density at radius 3 is 2.66 bits per heavy atom. The molecule has 0 radical (unpaired) electrons. The van der Waals surface area contributed by atoms with Gasteiger partial charge in [0.15, 0.2) is 0 Å². The number of hydrazone groups is 1. The van der Waals surface area contributed by atoms with Crippen LogP contribution >= 0.6 is 0 Å². The lowest BCUT2D eigenvalue weighted by Crippen LogP contribution is -2.21. The van der Waals surface area contributed by atoms with Crippen molar-refractivity contribution >= 4 is 35.0 Å². The van der Waals surface area contributed by atoms with Crippen LogP contribution in [0.1, 0.15) is 35.7 Å². The number of nitro groups is 1. The highest BCUT2D eigenvalue weighted by molar-refractivity contribution is 6.32. The molecule has 0 bridgehead atoms. The number of carboxylic acid groups (broad SMARTS) is 1. The van der Waals surface area contributed by atoms with Gasteiger partial charge in [0.05, 0.1) is 27.5 Å². The monoisotopic (exact) mass is 395 g/mol. The van der Waals surface area contributed by atoms with E-state index in [0.717, 1.165) is 5.01 Å². The fraction of sp³-hybridized carbons (Fsp3) is 0.150. The van der Waals surface area contributed by atoms with E-state index in [1.54, 1.807) is 6.07 Å². The van der Waals surface area contributed by atoms with Gasteiger partial charge in [-0.05, 0) is 30.7 Å². The Bertz CT molecular complexity index is 1070. The van der Waals surface area contributed by atoms with Gasteiger partial charge in [0.2, 0.25) is 5.75 Å². The van der Waals surface area contributed by atoms with Gasteiger partial charge in [-0.3, -0.25) is 14.9 Å². The first-order valence-corrected chi connectivity index (χ1v) is 8.77. The summed E-state index contributed by atoms with van der Waals surface area (Å²) in [5.74, 6) is -2.18. The summed E-state index contributed by atoms with van der Waals surface area (Å²) < 4.78 is 0. The summed E-state index contributed by atoms with van der Waals surface area (Å²) in [6.07, 6.45) is 2.51. The number of aromatic carboxylic acids is 1. The molecule has 1 heterocycles. The van der Waals surface area contributed by atoms with Crippen molar-refractivity contribution in [2.24, 2.45) is 5.10 Å². The Morgan fingerprint density at radius 2 is 2.00 bits per heavy atom. The maximum atomic E-state index is 13.0. The molecule has 29 heavy (non-hydrogen) atoms. The Balaban J connectivity index is 2.06. The maximum absolute atomic E-state index is 13.0. The first-order valence-electron chi connectivity index (χ1n) is 8.77. The molecule has 0 atom stereocenters. The van der Waals surface area contributed by atoms with Gasteiger partial charge in [-0.15, -0.1) is 0 Å². The predicted molar refractivity (Wildman–Crippen MR) is 106 cm³/mol. The Hall–Kier alpha value is -4.01. The molecule has 0 aromatic heterocycles. The molecule has 0 saturated carbocycles. The van der Waals surface area contributed by atoms with Crippen LogP contribution in [0, 0.1) is 10.1 Å². The molecular weight excluding hydrogens is 378 g/mol. The molecule has 1 amide bonds. The van der Waals surface area contributed by atoms with Crippen LogP contribution in [0.25, 0.3) is 6.08 Å². The molecule has 0 saturated heterocycles. The zero-order valence-corrected chi connectivity index (χ0v) is 15.4. The molecule has 0 spiro atoms. The van der Waals surface area contributed by atoms with Crippen molar-refractivity contribution in [2.45, 2.75) is 19.8 Å². The average molecular weight is 395 g/mol. The Labute approximate surface area is 165 Å². The second-order valence-electron chi connectivity index (χ2n) is 6.30. The third-order valence-corrected chi connectivity index (χ3v) is 4.32. The zero-order chi connectivity index (χ0) is 21.1. The fourth-order valence-corrected chi connectivity index (χ4v) is 2.94. The molecule has 2 N–H and O–H groups in total. The molecule has 2 aromatic rings. The molecule has 1 aliphatic heterocycles. The number of amides is 1. The molecule has 0 aliphatic carbocycles. The van der Waals surface area contributed by atoms with Crippen molar-refractivity contribution in [3.05, 3.63) is 69.3 Å². The minimum atomic E-state index is -1.13. The molecule has 148 valence electrons. The fourth-order valence-electron chi connectivity index (χ4n) is 2.94. The van der Waals surface area contributed by atoms with E-state index in [0.29, 0.717) is 18.6 Å². The molecule has 0 fully saturated rings. The van der Waals surface area contributed by atoms with Gasteiger partial charge in [-0.25, -0.2) is 4.79 Å². The summed E-state index contributed by atoms with van der Waals surface area (Å²) in [4.78, 5) is 34.5. The summed E-state index contributed by atoms with van der Waals surface area (Å²) in [6.45, 7) is 1.91. The van der Waals surface area contributed by atoms with Crippen LogP contribution in [0.15, 0.2) is 53.1 Å². The van der Waals surface area contributed by atoms with Gasteiger partial charge >= 0.3 is 11.7 Å². The van der Waals surface area contributed by atoms with Crippen molar-refractivity contribution in [2.75, 3.05) is 5.01 Å². The number of carboxylic acids is 1. The number of hydrogen-bond acceptors (Lipinski definition) is 6. The number of phenolic OH excluding ortho intramolecular Hbond substituents is 1. The van der Waals surface area contributed by atoms with E-state index >= 15 is 0 Å². The minimum Gasteiger partial charge on any atom is -0.502 e. The van der Waals surface area contributed by atoms with Gasteiger partial charge < -0.3 is 10.2 Å². The lowest BCUT2D eigenvalue weighted by Gasteiger charge is -2.12. The largest absolute Gasteiger partial charge is 0.502 e. The molecule has 3 rings (SSSR count). The molecule has 9 heteroatoms. The van der Waals surface area contributed by atoms with E-state index in [2.05, 4.69) is 5.10 Å². The van der Waals surface area contributed by atoms with Gasteiger partial charge in [-0.2, -0.15) is 10.1 Å². The van der Waals surface area contributed by atoms with Gasteiger partial charge in [0.25, 0.3) is 5.91 Å². The van der Waals surface area contributed by atoms with Crippen molar-refractivity contribution in [1.82, 2.24) is 0 Å². The average Bonchev–Trinajstić information content (AvgIpc) is 2.99. The van der Waals surface area contributed by atoms with Gasteiger partial charge in [-0.1, -0.05) is 31.5 Å². The number of carbonyl (C=O) groups is 2. The normalized spacial score (nSPS) is 14.9. The summed E-state index contributed by atoms with van der Waals surface area (Å²) in [7, 11) is 0. The first-order chi connectivity index (χ1) is 13.8. The Kier molecular flexibility index (Phi) is 5.40. The van der Waals surface area contributed by atoms with Crippen LogP contribution in [0.5, 0.6) is 5.75 Å². The summed E-state index contributed by atoms with van der Waals surface area (Å²) >= 11 is 0. The number of aromatic hydroxyl groups is 1. The third kappa shape index (κ3) is 3.84. The highest BCUT2D eigenvalue weighted by atomic mass is 16.6. The van der Waals surface area contributed by atoms with Crippen molar-refractivity contribution in [3.8, 4) is 5.75 Å². The van der Waals surface area contributed by atoms with Crippen LogP contribution in [0.2, 0.25) is 0 Å². The van der Waals surface area contributed by atoms with Crippen LogP contribution in [-0.2, 0) is 4.79 Å². The molecule has 9 nitrogen and oxygen atoms in total. The number of anilines is 1. The summed E-state index contributed by atoms with van der Waals surface area (Å²) in [5.41, 5.74) is 0.580. The standard InChI is InChI=1S/C20H17N3O6/c1-2-5-16-15(11-12-6-4-9-17(18(12)24)23(28)29)19(25)22(21-16)14-8-3-7-13(10-14)20(26)27/h3-4,6-11,24H,2,5H2,1H3,(H,26,27)/b15-11+. The van der Waals surface area contributed by atoms with E-state index in [4.69, 9.17) is 5.11 Å². The van der Waals surface area contributed by atoms with E-state index in [1.165, 1.54) is 42.5 Å². The summed E-state index contributed by atoms with van der Waals surface area (Å²) in [6, 6.07) is 9.84. The van der Waals surface area contributed by atoms with E-state index < -0.39 is 28.2 Å². The Morgan fingerprint density at radius 1 is 1.28 bits per heavy atom. The quantitative estimate of drug-likeness (QED) is 0.436. The summed E-state index contributed by atoms with van der Waals surface area (Å²) in [5, 5.41) is 35.8. The van der Waals surface area contributed by atoms with E-state index in [1.807, 2.05) is 6.92 Å². The first kappa shape index (κ1) is 19.7.